The Morgan fingerprint density at radius 2 is 1.33 bits per heavy atom. The second-order valence-electron chi connectivity index (χ2n) is 0.612. The molecule has 41 valence electrons. The topological polar surface area (TPSA) is 12.5 Å². The normalized spacial score (nSPS) is 12.7. The molecule has 0 unspecified atom stereocenters. The van der Waals surface area contributed by atoms with Crippen LogP contribution in [-0.4, -0.2) is 13.2 Å². The number of hydrogen-bond acceptors (Lipinski definition) is 1. The summed E-state index contributed by atoms with van der Waals surface area (Å²) in [6.07, 6.45) is 0. The molecule has 1 saturated heterocycles. The van der Waals surface area contributed by atoms with E-state index in [-0.39, 0.29) is 22.4 Å². The van der Waals surface area contributed by atoms with Gasteiger partial charge in [0.25, 0.3) is 0 Å². The molecule has 0 spiro atoms. The Labute approximate surface area is 53.9 Å². The third-order valence-electron chi connectivity index (χ3n) is 0.204. The van der Waals surface area contributed by atoms with Crippen LogP contribution in [0.4, 0.5) is 0 Å². The molecule has 0 aromatic heterocycles. The van der Waals surface area contributed by atoms with Gasteiger partial charge in [-0.25, -0.2) is 0 Å². The summed E-state index contributed by atoms with van der Waals surface area (Å²) in [6, 6.07) is 0. The number of ether oxygens (including phenoxy) is 1. The molecule has 1 heterocycles. The van der Waals surface area contributed by atoms with Gasteiger partial charge in [-0.15, -0.1) is 13.2 Å². The van der Waals surface area contributed by atoms with E-state index >= 15 is 0 Å². The van der Waals surface area contributed by atoms with Gasteiger partial charge in [-0.1, -0.05) is 0 Å². The van der Waals surface area contributed by atoms with Crippen molar-refractivity contribution in [1.29, 1.82) is 0 Å². The second-order valence-corrected chi connectivity index (χ2v) is 0.612. The largest absolute Gasteiger partial charge is 0.377 e. The zero-order chi connectivity index (χ0) is 4.12. The monoisotopic (exact) mass is 179 g/mol. The van der Waals surface area contributed by atoms with E-state index in [1.165, 1.54) is 0 Å². The third-order valence-corrected chi connectivity index (χ3v) is 0.204. The maximum absolute atomic E-state index is 4.50. The Bertz CT molecular complexity index is 18.8. The Morgan fingerprint density at radius 3 is 1.33 bits per heavy atom. The molecule has 1 rings (SSSR count). The average molecular weight is 180 g/mol. The van der Waals surface area contributed by atoms with Crippen molar-refractivity contribution in [1.82, 2.24) is 0 Å². The molecule has 0 bridgehead atoms. The molecule has 0 amide bonds. The molecule has 0 aromatic rings. The zero-order valence-corrected chi connectivity index (χ0v) is 5.02. The van der Waals surface area contributed by atoms with Crippen molar-refractivity contribution in [3.63, 3.8) is 0 Å². The van der Waals surface area contributed by atoms with Crippen LogP contribution in [0.3, 0.4) is 0 Å². The van der Waals surface area contributed by atoms with E-state index < -0.39 is 0 Å². The van der Waals surface area contributed by atoms with Gasteiger partial charge in [0.1, 0.15) is 0 Å². The molecule has 1 aliphatic heterocycles. The molecule has 0 saturated carbocycles. The van der Waals surface area contributed by atoms with Crippen LogP contribution in [0.1, 0.15) is 0 Å². The summed E-state index contributed by atoms with van der Waals surface area (Å²) in [6.45, 7) is 8.00. The first-order valence-corrected chi connectivity index (χ1v) is 1.58. The molecule has 1 radical (unpaired) electrons. The van der Waals surface area contributed by atoms with E-state index in [4.69, 9.17) is 0 Å². The maximum atomic E-state index is 4.50. The van der Waals surface area contributed by atoms with Crippen LogP contribution in [-0.2, 0) is 27.1 Å². The fourth-order valence-corrected chi connectivity index (χ4v) is 0. The molecular weight excluding hydrogens is 172 g/mol. The number of hydrogen-bond donors (Lipinski definition) is 0. The van der Waals surface area contributed by atoms with Crippen molar-refractivity contribution in [2.75, 3.05) is 13.2 Å². The van der Waals surface area contributed by atoms with Gasteiger partial charge in [-0.3, -0.25) is 0 Å². The summed E-state index contributed by atoms with van der Waals surface area (Å²) < 4.78 is 4.50. The molecule has 0 atom stereocenters. The first-order valence-electron chi connectivity index (χ1n) is 1.58. The molecule has 1 nitrogen and oxygen atoms in total. The minimum Gasteiger partial charge on any atom is -0.377 e. The van der Waals surface area contributed by atoms with E-state index in [9.17, 15) is 0 Å². The van der Waals surface area contributed by atoms with Crippen LogP contribution in [0.2, 0.25) is 0 Å². The summed E-state index contributed by atoms with van der Waals surface area (Å²) in [5.41, 5.74) is 0. The summed E-state index contributed by atoms with van der Waals surface area (Å²) in [5.74, 6) is 0. The summed E-state index contributed by atoms with van der Waals surface area (Å²) in [7, 11) is 0. The average Bonchev–Trinajstić information content (AvgIpc) is 2.19. The van der Waals surface area contributed by atoms with Gasteiger partial charge in [0, 0.05) is 22.4 Å². The minimum absolute atomic E-state index is 0. The van der Waals surface area contributed by atoms with Crippen molar-refractivity contribution in [3.05, 3.63) is 13.2 Å². The molecule has 2 heteroatoms. The van der Waals surface area contributed by atoms with E-state index in [1.807, 2.05) is 0 Å². The zero-order valence-electron chi connectivity index (χ0n) is 3.54. The summed E-state index contributed by atoms with van der Waals surface area (Å²) >= 11 is 0. The van der Waals surface area contributed by atoms with Crippen LogP contribution in [0.25, 0.3) is 0 Å². The van der Waals surface area contributed by atoms with Crippen LogP contribution < -0.4 is 0 Å². The molecule has 1 aliphatic rings. The number of rotatable bonds is 0. The van der Waals surface area contributed by atoms with Crippen LogP contribution >= 0.6 is 0 Å². The van der Waals surface area contributed by atoms with Gasteiger partial charge in [-0.2, -0.15) is 0 Å². The predicted octanol–water partition coefficient (Wildman–Crippen LogP) is 0.816. The molecular formula is C4H8AgO. The van der Waals surface area contributed by atoms with Crippen molar-refractivity contribution >= 4 is 0 Å². The Balaban J connectivity index is 0. The van der Waals surface area contributed by atoms with E-state index in [2.05, 4.69) is 17.9 Å². The van der Waals surface area contributed by atoms with Gasteiger partial charge in [0.15, 0.2) is 0 Å². The van der Waals surface area contributed by atoms with Gasteiger partial charge < -0.3 is 4.74 Å². The van der Waals surface area contributed by atoms with Gasteiger partial charge >= 0.3 is 0 Å². The Kier molecular flexibility index (Phi) is 14.6. The van der Waals surface area contributed by atoms with Crippen molar-refractivity contribution in [2.45, 2.75) is 0 Å². The molecule has 0 N–H and O–H groups in total. The molecule has 0 aliphatic carbocycles. The quantitative estimate of drug-likeness (QED) is 0.305. The maximum Gasteiger partial charge on any atom is 0.0701 e. The number of epoxide rings is 1. The van der Waals surface area contributed by atoms with Crippen molar-refractivity contribution in [3.8, 4) is 0 Å². The predicted molar refractivity (Wildman–Crippen MR) is 22.1 cm³/mol. The smallest absolute Gasteiger partial charge is 0.0701 e. The van der Waals surface area contributed by atoms with Gasteiger partial charge in [0.2, 0.25) is 0 Å². The summed E-state index contributed by atoms with van der Waals surface area (Å²) in [5, 5.41) is 0. The molecule has 1 fully saturated rings. The molecule has 6 heavy (non-hydrogen) atoms. The van der Waals surface area contributed by atoms with Gasteiger partial charge in [-0.05, 0) is 0 Å². The van der Waals surface area contributed by atoms with Crippen LogP contribution in [0, 0.1) is 0 Å². The van der Waals surface area contributed by atoms with Crippen molar-refractivity contribution < 1.29 is 27.1 Å². The SMILES string of the molecule is C1CO1.C=C.[Ag]. The second kappa shape index (κ2) is 9.06. The first-order chi connectivity index (χ1) is 2.50. The van der Waals surface area contributed by atoms with Gasteiger partial charge in [0.05, 0.1) is 13.2 Å². The minimum atomic E-state index is 0. The van der Waals surface area contributed by atoms with E-state index in [0.717, 1.165) is 13.2 Å². The standard InChI is InChI=1S/C2H4O.C2H4.Ag/c1-2-3-1;1-2;/h1-2H2;1-2H2;. The summed E-state index contributed by atoms with van der Waals surface area (Å²) in [4.78, 5) is 0. The van der Waals surface area contributed by atoms with E-state index in [1.54, 1.807) is 0 Å². The van der Waals surface area contributed by atoms with Crippen LogP contribution in [0.5, 0.6) is 0 Å². The Morgan fingerprint density at radius 1 is 1.17 bits per heavy atom. The van der Waals surface area contributed by atoms with E-state index in [0.29, 0.717) is 0 Å². The van der Waals surface area contributed by atoms with Crippen LogP contribution in [0.15, 0.2) is 13.2 Å². The third kappa shape index (κ3) is 25.3. The first kappa shape index (κ1) is 9.67. The van der Waals surface area contributed by atoms with Crippen molar-refractivity contribution in [2.24, 2.45) is 0 Å². The molecule has 0 aromatic carbocycles. The fourth-order valence-electron chi connectivity index (χ4n) is 0. The fraction of sp³-hybridized carbons (Fsp3) is 0.500. The Hall–Kier alpha value is 0.440.